The number of aliphatic carboxylic acids is 1. The minimum atomic E-state index is -0.722. The van der Waals surface area contributed by atoms with E-state index in [4.69, 9.17) is 5.11 Å². The number of carboxylic acids is 1. The summed E-state index contributed by atoms with van der Waals surface area (Å²) < 4.78 is 0. The maximum atomic E-state index is 10.7. The van der Waals surface area contributed by atoms with Crippen molar-refractivity contribution in [1.29, 1.82) is 0 Å². The van der Waals surface area contributed by atoms with Gasteiger partial charge in [-0.2, -0.15) is 0 Å². The van der Waals surface area contributed by atoms with Crippen LogP contribution in [0.3, 0.4) is 0 Å². The van der Waals surface area contributed by atoms with Crippen LogP contribution >= 0.6 is 0 Å². The molecule has 1 fully saturated rings. The molecule has 0 aromatic heterocycles. The highest BCUT2D eigenvalue weighted by Crippen LogP contribution is 2.11. The first-order valence-corrected chi connectivity index (χ1v) is 5.36. The Hall–Kier alpha value is -0.610. The van der Waals surface area contributed by atoms with Gasteiger partial charge >= 0.3 is 5.97 Å². The lowest BCUT2D eigenvalue weighted by Crippen LogP contribution is -2.57. The summed E-state index contributed by atoms with van der Waals surface area (Å²) in [6.07, 6.45) is 2.07. The van der Waals surface area contributed by atoms with Gasteiger partial charge in [0.25, 0.3) is 0 Å². The molecule has 0 spiro atoms. The Bertz CT molecular complexity index is 197. The molecule has 0 saturated carbocycles. The smallest absolute Gasteiger partial charge is 0.317 e. The zero-order valence-electron chi connectivity index (χ0n) is 8.99. The van der Waals surface area contributed by atoms with Crippen LogP contribution in [0.2, 0.25) is 0 Å². The molecule has 1 aliphatic heterocycles. The topological polar surface area (TPSA) is 52.6 Å². The molecule has 0 amide bonds. The van der Waals surface area contributed by atoms with Gasteiger partial charge in [0, 0.05) is 25.2 Å². The Morgan fingerprint density at radius 2 is 2.21 bits per heavy atom. The molecule has 0 aromatic carbocycles. The summed E-state index contributed by atoms with van der Waals surface area (Å²) in [7, 11) is 0. The fourth-order valence-electron chi connectivity index (χ4n) is 1.97. The number of carbonyl (C=O) groups is 1. The molecule has 2 atom stereocenters. The molecule has 1 heterocycles. The Morgan fingerprint density at radius 1 is 1.50 bits per heavy atom. The molecule has 2 unspecified atom stereocenters. The fourth-order valence-corrected chi connectivity index (χ4v) is 1.97. The molecule has 1 saturated heterocycles. The molecular weight excluding hydrogens is 180 g/mol. The van der Waals surface area contributed by atoms with Gasteiger partial charge in [0.05, 0.1) is 6.54 Å². The standard InChI is InChI=1S/C10H20N2O2/c1-3-8-6-12(7-10(13)14)9(4-2)5-11-8/h8-9,11H,3-7H2,1-2H3,(H,13,14). The van der Waals surface area contributed by atoms with E-state index in [1.54, 1.807) is 0 Å². The second-order valence-corrected chi connectivity index (χ2v) is 3.90. The van der Waals surface area contributed by atoms with Crippen molar-refractivity contribution in [2.24, 2.45) is 0 Å². The van der Waals surface area contributed by atoms with E-state index in [9.17, 15) is 4.79 Å². The number of hydrogen-bond acceptors (Lipinski definition) is 3. The summed E-state index contributed by atoms with van der Waals surface area (Å²) in [4.78, 5) is 12.7. The van der Waals surface area contributed by atoms with Crippen molar-refractivity contribution in [2.75, 3.05) is 19.6 Å². The first-order valence-electron chi connectivity index (χ1n) is 5.36. The van der Waals surface area contributed by atoms with E-state index in [0.717, 1.165) is 25.9 Å². The molecule has 14 heavy (non-hydrogen) atoms. The van der Waals surface area contributed by atoms with Gasteiger partial charge in [0.15, 0.2) is 0 Å². The van der Waals surface area contributed by atoms with E-state index in [2.05, 4.69) is 24.1 Å². The highest BCUT2D eigenvalue weighted by Gasteiger charge is 2.26. The van der Waals surface area contributed by atoms with Gasteiger partial charge in [-0.1, -0.05) is 13.8 Å². The molecular formula is C10H20N2O2. The number of rotatable bonds is 4. The minimum absolute atomic E-state index is 0.177. The summed E-state index contributed by atoms with van der Waals surface area (Å²) in [5.41, 5.74) is 0. The zero-order valence-corrected chi connectivity index (χ0v) is 8.99. The summed E-state index contributed by atoms with van der Waals surface area (Å²) in [5, 5.41) is 12.2. The van der Waals surface area contributed by atoms with E-state index in [0.29, 0.717) is 12.1 Å². The van der Waals surface area contributed by atoms with E-state index < -0.39 is 5.97 Å². The third-order valence-corrected chi connectivity index (χ3v) is 2.92. The normalized spacial score (nSPS) is 29.0. The number of piperazine rings is 1. The quantitative estimate of drug-likeness (QED) is 0.695. The maximum Gasteiger partial charge on any atom is 0.317 e. The molecule has 1 rings (SSSR count). The van der Waals surface area contributed by atoms with Gasteiger partial charge in [0.1, 0.15) is 0 Å². The monoisotopic (exact) mass is 200 g/mol. The SMILES string of the molecule is CCC1CN(CC(=O)O)C(CC)CN1. The summed E-state index contributed by atoms with van der Waals surface area (Å²) in [6.45, 7) is 6.19. The Labute approximate surface area is 85.3 Å². The first kappa shape index (κ1) is 11.5. The molecule has 0 bridgehead atoms. The third kappa shape index (κ3) is 2.96. The largest absolute Gasteiger partial charge is 0.480 e. The van der Waals surface area contributed by atoms with Crippen LogP contribution in [-0.4, -0.2) is 47.7 Å². The van der Waals surface area contributed by atoms with Crippen molar-refractivity contribution in [2.45, 2.75) is 38.8 Å². The predicted molar refractivity (Wildman–Crippen MR) is 55.4 cm³/mol. The predicted octanol–water partition coefficient (Wildman–Crippen LogP) is 0.533. The summed E-state index contributed by atoms with van der Waals surface area (Å²) in [5.74, 6) is -0.722. The number of carboxylic acid groups (broad SMARTS) is 1. The molecule has 82 valence electrons. The van der Waals surface area contributed by atoms with Crippen LogP contribution in [-0.2, 0) is 4.79 Å². The Kier molecular flexibility index (Phi) is 4.35. The molecule has 2 N–H and O–H groups in total. The Morgan fingerprint density at radius 3 is 2.71 bits per heavy atom. The molecule has 0 aromatic rings. The lowest BCUT2D eigenvalue weighted by atomic mass is 10.1. The van der Waals surface area contributed by atoms with E-state index in [1.807, 2.05) is 0 Å². The van der Waals surface area contributed by atoms with Crippen molar-refractivity contribution >= 4 is 5.97 Å². The Balaban J connectivity index is 2.51. The molecule has 0 radical (unpaired) electrons. The van der Waals surface area contributed by atoms with Crippen molar-refractivity contribution in [3.05, 3.63) is 0 Å². The van der Waals surface area contributed by atoms with Crippen LogP contribution in [0.1, 0.15) is 26.7 Å². The van der Waals surface area contributed by atoms with Gasteiger partial charge in [-0.05, 0) is 12.8 Å². The van der Waals surface area contributed by atoms with Gasteiger partial charge < -0.3 is 10.4 Å². The first-order chi connectivity index (χ1) is 6.67. The van der Waals surface area contributed by atoms with E-state index in [1.165, 1.54) is 0 Å². The van der Waals surface area contributed by atoms with Crippen molar-refractivity contribution < 1.29 is 9.90 Å². The highest BCUT2D eigenvalue weighted by molar-refractivity contribution is 5.69. The van der Waals surface area contributed by atoms with Gasteiger partial charge in [-0.15, -0.1) is 0 Å². The van der Waals surface area contributed by atoms with Gasteiger partial charge in [0.2, 0.25) is 0 Å². The van der Waals surface area contributed by atoms with Crippen LogP contribution in [0.25, 0.3) is 0 Å². The van der Waals surface area contributed by atoms with E-state index >= 15 is 0 Å². The molecule has 4 nitrogen and oxygen atoms in total. The number of nitrogens with one attached hydrogen (secondary N) is 1. The van der Waals surface area contributed by atoms with Crippen molar-refractivity contribution in [3.8, 4) is 0 Å². The van der Waals surface area contributed by atoms with Gasteiger partial charge in [-0.25, -0.2) is 0 Å². The van der Waals surface area contributed by atoms with Crippen molar-refractivity contribution in [3.63, 3.8) is 0 Å². The van der Waals surface area contributed by atoms with Crippen LogP contribution in [0, 0.1) is 0 Å². The van der Waals surface area contributed by atoms with Crippen LogP contribution < -0.4 is 5.32 Å². The van der Waals surface area contributed by atoms with E-state index in [-0.39, 0.29) is 6.54 Å². The van der Waals surface area contributed by atoms with Crippen LogP contribution in [0.5, 0.6) is 0 Å². The molecule has 1 aliphatic rings. The number of nitrogens with zero attached hydrogens (tertiary/aromatic N) is 1. The second-order valence-electron chi connectivity index (χ2n) is 3.90. The maximum absolute atomic E-state index is 10.7. The van der Waals surface area contributed by atoms with Crippen LogP contribution in [0.4, 0.5) is 0 Å². The lowest BCUT2D eigenvalue weighted by Gasteiger charge is -2.38. The summed E-state index contributed by atoms with van der Waals surface area (Å²) in [6, 6.07) is 0.839. The molecule has 4 heteroatoms. The van der Waals surface area contributed by atoms with Crippen LogP contribution in [0.15, 0.2) is 0 Å². The second kappa shape index (κ2) is 5.32. The summed E-state index contributed by atoms with van der Waals surface area (Å²) >= 11 is 0. The highest BCUT2D eigenvalue weighted by atomic mass is 16.4. The average Bonchev–Trinajstić information content (AvgIpc) is 2.16. The lowest BCUT2D eigenvalue weighted by molar-refractivity contribution is -0.139. The third-order valence-electron chi connectivity index (χ3n) is 2.92. The average molecular weight is 200 g/mol. The zero-order chi connectivity index (χ0) is 10.6. The number of hydrogen-bond donors (Lipinski definition) is 2. The molecule has 0 aliphatic carbocycles. The minimum Gasteiger partial charge on any atom is -0.480 e. The van der Waals surface area contributed by atoms with Gasteiger partial charge in [-0.3, -0.25) is 9.69 Å². The fraction of sp³-hybridized carbons (Fsp3) is 0.900. The van der Waals surface area contributed by atoms with Crippen molar-refractivity contribution in [1.82, 2.24) is 10.2 Å².